The Kier molecular flexibility index (Phi) is 3.02. The Morgan fingerprint density at radius 3 is 2.60 bits per heavy atom. The van der Waals surface area contributed by atoms with Gasteiger partial charge < -0.3 is 9.97 Å². The fourth-order valence-corrected chi connectivity index (χ4v) is 2.36. The fraction of sp³-hybridized carbons (Fsp3) is 0. The number of benzene rings is 2. The van der Waals surface area contributed by atoms with Crippen molar-refractivity contribution >= 4 is 32.7 Å². The lowest BCUT2D eigenvalue weighted by molar-refractivity contribution is 0.103. The van der Waals surface area contributed by atoms with Crippen LogP contribution in [0.5, 0.6) is 0 Å². The average Bonchev–Trinajstić information content (AvgIpc) is 2.79. The molecular weight excluding hydrogens is 327 g/mol. The van der Waals surface area contributed by atoms with Gasteiger partial charge in [0.05, 0.1) is 16.6 Å². The Morgan fingerprint density at radius 2 is 1.80 bits per heavy atom. The number of H-pyrrole nitrogens is 2. The number of nitrogens with one attached hydrogen (secondary N) is 2. The van der Waals surface area contributed by atoms with Gasteiger partial charge in [0.15, 0.2) is 5.78 Å². The summed E-state index contributed by atoms with van der Waals surface area (Å²) >= 11 is 3.21. The lowest BCUT2D eigenvalue weighted by Gasteiger charge is -2.03. The first kappa shape index (κ1) is 12.8. The van der Waals surface area contributed by atoms with E-state index in [2.05, 4.69) is 25.9 Å². The van der Waals surface area contributed by atoms with E-state index in [0.29, 0.717) is 21.1 Å². The summed E-state index contributed by atoms with van der Waals surface area (Å²) in [6, 6.07) is 8.87. The summed E-state index contributed by atoms with van der Waals surface area (Å²) in [5, 5.41) is 0. The van der Waals surface area contributed by atoms with Gasteiger partial charge in [-0.05, 0) is 36.4 Å². The molecule has 0 aliphatic carbocycles. The van der Waals surface area contributed by atoms with Gasteiger partial charge in [-0.3, -0.25) is 4.79 Å². The van der Waals surface area contributed by atoms with Gasteiger partial charge in [0.25, 0.3) is 0 Å². The van der Waals surface area contributed by atoms with Crippen molar-refractivity contribution in [3.05, 3.63) is 68.3 Å². The molecule has 3 aromatic rings. The normalized spacial score (nSPS) is 10.9. The van der Waals surface area contributed by atoms with Crippen molar-refractivity contribution in [1.82, 2.24) is 9.97 Å². The van der Waals surface area contributed by atoms with Crippen LogP contribution in [0.1, 0.15) is 15.9 Å². The van der Waals surface area contributed by atoms with Crippen LogP contribution in [-0.2, 0) is 0 Å². The molecule has 100 valence electrons. The second kappa shape index (κ2) is 4.72. The number of hydrogen-bond acceptors (Lipinski definition) is 2. The summed E-state index contributed by atoms with van der Waals surface area (Å²) in [6.45, 7) is 0. The third-order valence-corrected chi connectivity index (χ3v) is 3.44. The molecule has 0 fully saturated rings. The molecule has 1 aromatic heterocycles. The summed E-state index contributed by atoms with van der Waals surface area (Å²) in [6.07, 6.45) is 0. The van der Waals surface area contributed by atoms with Gasteiger partial charge in [-0.25, -0.2) is 9.18 Å². The van der Waals surface area contributed by atoms with Crippen LogP contribution in [-0.4, -0.2) is 15.8 Å². The van der Waals surface area contributed by atoms with Crippen molar-refractivity contribution in [2.45, 2.75) is 0 Å². The van der Waals surface area contributed by atoms with E-state index in [4.69, 9.17) is 0 Å². The number of ketones is 1. The zero-order valence-electron chi connectivity index (χ0n) is 10.0. The molecule has 0 saturated heterocycles. The molecule has 0 saturated carbocycles. The van der Waals surface area contributed by atoms with E-state index in [9.17, 15) is 14.0 Å². The fourth-order valence-electron chi connectivity index (χ4n) is 2.00. The predicted molar refractivity (Wildman–Crippen MR) is 76.5 cm³/mol. The summed E-state index contributed by atoms with van der Waals surface area (Å²) in [5.41, 5.74) is 1.05. The minimum absolute atomic E-state index is 0.0170. The number of carbonyl (C=O) groups is 1. The highest BCUT2D eigenvalue weighted by molar-refractivity contribution is 9.10. The average molecular weight is 335 g/mol. The topological polar surface area (TPSA) is 65.7 Å². The Balaban J connectivity index is 2.12. The first-order valence-corrected chi connectivity index (χ1v) is 6.56. The van der Waals surface area contributed by atoms with Gasteiger partial charge in [-0.1, -0.05) is 15.9 Å². The van der Waals surface area contributed by atoms with Crippen molar-refractivity contribution in [3.8, 4) is 0 Å². The standard InChI is InChI=1S/C14H8BrFN2O2/c15-8-2-3-10(16)9(6-8)13(19)7-1-4-11-12(5-7)18-14(20)17-11/h1-6H,(H2,17,18,20). The highest BCUT2D eigenvalue weighted by atomic mass is 79.9. The molecule has 0 spiro atoms. The molecule has 0 radical (unpaired) electrons. The second-order valence-electron chi connectivity index (χ2n) is 4.29. The number of carbonyl (C=O) groups excluding carboxylic acids is 1. The van der Waals surface area contributed by atoms with Crippen molar-refractivity contribution in [3.63, 3.8) is 0 Å². The van der Waals surface area contributed by atoms with E-state index in [-0.39, 0.29) is 11.3 Å². The van der Waals surface area contributed by atoms with Crippen molar-refractivity contribution < 1.29 is 9.18 Å². The van der Waals surface area contributed by atoms with Gasteiger partial charge in [-0.2, -0.15) is 0 Å². The van der Waals surface area contributed by atoms with E-state index in [1.54, 1.807) is 12.1 Å². The maximum Gasteiger partial charge on any atom is 0.323 e. The van der Waals surface area contributed by atoms with Crippen molar-refractivity contribution in [1.29, 1.82) is 0 Å². The van der Waals surface area contributed by atoms with Gasteiger partial charge in [0.2, 0.25) is 0 Å². The van der Waals surface area contributed by atoms with E-state index in [0.717, 1.165) is 0 Å². The number of aromatic nitrogens is 2. The first-order valence-electron chi connectivity index (χ1n) is 5.76. The van der Waals surface area contributed by atoms with Crippen LogP contribution in [0.3, 0.4) is 0 Å². The maximum absolute atomic E-state index is 13.7. The number of aromatic amines is 2. The van der Waals surface area contributed by atoms with Crippen LogP contribution in [0.25, 0.3) is 11.0 Å². The second-order valence-corrected chi connectivity index (χ2v) is 5.21. The van der Waals surface area contributed by atoms with Crippen LogP contribution in [0.2, 0.25) is 0 Å². The van der Waals surface area contributed by atoms with Crippen LogP contribution in [0.4, 0.5) is 4.39 Å². The molecule has 1 heterocycles. The Labute approximate surface area is 120 Å². The highest BCUT2D eigenvalue weighted by Crippen LogP contribution is 2.20. The number of imidazole rings is 1. The number of rotatable bonds is 2. The van der Waals surface area contributed by atoms with E-state index < -0.39 is 11.6 Å². The maximum atomic E-state index is 13.7. The van der Waals surface area contributed by atoms with E-state index in [1.807, 2.05) is 0 Å². The lowest BCUT2D eigenvalue weighted by atomic mass is 10.0. The Bertz CT molecular complexity index is 882. The SMILES string of the molecule is O=C(c1ccc2[nH]c(=O)[nH]c2c1)c1cc(Br)ccc1F. The summed E-state index contributed by atoms with van der Waals surface area (Å²) < 4.78 is 14.3. The first-order chi connectivity index (χ1) is 9.54. The zero-order valence-corrected chi connectivity index (χ0v) is 11.6. The highest BCUT2D eigenvalue weighted by Gasteiger charge is 2.15. The monoisotopic (exact) mass is 334 g/mol. The molecule has 20 heavy (non-hydrogen) atoms. The Hall–Kier alpha value is -2.21. The predicted octanol–water partition coefficient (Wildman–Crippen LogP) is 2.99. The molecule has 4 nitrogen and oxygen atoms in total. The molecule has 0 atom stereocenters. The molecule has 0 aliphatic heterocycles. The summed E-state index contributed by atoms with van der Waals surface area (Å²) in [4.78, 5) is 28.6. The number of hydrogen-bond donors (Lipinski definition) is 2. The minimum atomic E-state index is -0.583. The summed E-state index contributed by atoms with van der Waals surface area (Å²) in [7, 11) is 0. The van der Waals surface area contributed by atoms with Crippen LogP contribution >= 0.6 is 15.9 Å². The van der Waals surface area contributed by atoms with Crippen LogP contribution in [0, 0.1) is 5.82 Å². The molecule has 2 aromatic carbocycles. The molecule has 0 aliphatic rings. The van der Waals surface area contributed by atoms with E-state index >= 15 is 0 Å². The van der Waals surface area contributed by atoms with Crippen LogP contribution < -0.4 is 5.69 Å². The molecule has 6 heteroatoms. The molecule has 3 rings (SSSR count). The van der Waals surface area contributed by atoms with E-state index in [1.165, 1.54) is 24.3 Å². The smallest absolute Gasteiger partial charge is 0.306 e. The third kappa shape index (κ3) is 2.18. The minimum Gasteiger partial charge on any atom is -0.306 e. The quantitative estimate of drug-likeness (QED) is 0.707. The summed E-state index contributed by atoms with van der Waals surface area (Å²) in [5.74, 6) is -1.02. The number of halogens is 2. The van der Waals surface area contributed by atoms with Gasteiger partial charge in [0, 0.05) is 10.0 Å². The molecular formula is C14H8BrFN2O2. The van der Waals surface area contributed by atoms with Crippen molar-refractivity contribution in [2.24, 2.45) is 0 Å². The van der Waals surface area contributed by atoms with Crippen LogP contribution in [0.15, 0.2) is 45.7 Å². The molecule has 0 unspecified atom stereocenters. The molecule has 0 bridgehead atoms. The number of fused-ring (bicyclic) bond motifs is 1. The van der Waals surface area contributed by atoms with Gasteiger partial charge in [0.1, 0.15) is 5.82 Å². The lowest BCUT2D eigenvalue weighted by Crippen LogP contribution is -2.04. The van der Waals surface area contributed by atoms with Gasteiger partial charge in [-0.15, -0.1) is 0 Å². The third-order valence-electron chi connectivity index (χ3n) is 2.95. The Morgan fingerprint density at radius 1 is 1.05 bits per heavy atom. The zero-order chi connectivity index (χ0) is 14.3. The molecule has 2 N–H and O–H groups in total. The van der Waals surface area contributed by atoms with Crippen molar-refractivity contribution in [2.75, 3.05) is 0 Å². The van der Waals surface area contributed by atoms with Gasteiger partial charge >= 0.3 is 5.69 Å². The largest absolute Gasteiger partial charge is 0.323 e. The molecule has 0 amide bonds.